The van der Waals surface area contributed by atoms with E-state index >= 15 is 0 Å². The van der Waals surface area contributed by atoms with Gasteiger partial charge in [0.1, 0.15) is 11.1 Å². The Hall–Kier alpha value is -2.60. The molecule has 1 fully saturated rings. The lowest BCUT2D eigenvalue weighted by molar-refractivity contribution is -0.759. The van der Waals surface area contributed by atoms with E-state index in [4.69, 9.17) is 4.52 Å². The second-order valence-electron chi connectivity index (χ2n) is 7.68. The van der Waals surface area contributed by atoms with E-state index in [1.54, 1.807) is 11.0 Å². The van der Waals surface area contributed by atoms with Crippen molar-refractivity contribution in [1.82, 2.24) is 10.3 Å². The van der Waals surface area contributed by atoms with E-state index in [9.17, 15) is 10.4 Å². The second kappa shape index (κ2) is 8.82. The summed E-state index contributed by atoms with van der Waals surface area (Å²) >= 11 is 1.25. The first kappa shape index (κ1) is 19.7. The van der Waals surface area contributed by atoms with E-state index in [1.165, 1.54) is 18.2 Å². The number of aryl methyl sites for hydroxylation is 1. The first-order valence-corrected chi connectivity index (χ1v) is 11.0. The summed E-state index contributed by atoms with van der Waals surface area (Å²) in [4.78, 5) is 10.3. The van der Waals surface area contributed by atoms with E-state index in [2.05, 4.69) is 33.2 Å². The predicted octanol–water partition coefficient (Wildman–Crippen LogP) is 1.66. The molecule has 0 bridgehead atoms. The molecule has 2 aliphatic rings. The number of hydrogen-bond donors (Lipinski definition) is 0. The molecule has 4 rings (SSSR count). The summed E-state index contributed by atoms with van der Waals surface area (Å²) in [6.07, 6.45) is 8.08. The molecule has 0 saturated carbocycles. The number of pyridine rings is 1. The van der Waals surface area contributed by atoms with Crippen LogP contribution in [-0.4, -0.2) is 35.0 Å². The fraction of sp³-hybridized carbons (Fsp3) is 0.550. The Labute approximate surface area is 174 Å². The van der Waals surface area contributed by atoms with Crippen molar-refractivity contribution in [2.45, 2.75) is 50.5 Å². The van der Waals surface area contributed by atoms with Gasteiger partial charge in [0.05, 0.1) is 23.4 Å². The van der Waals surface area contributed by atoms with Crippen LogP contribution in [-0.2, 0) is 12.8 Å². The molecular formula is C20H24N6O2S. The Morgan fingerprint density at radius 1 is 1.45 bits per heavy atom. The summed E-state index contributed by atoms with van der Waals surface area (Å²) in [5.41, 5.74) is 2.73. The van der Waals surface area contributed by atoms with Gasteiger partial charge in [0.25, 0.3) is 6.20 Å². The maximum absolute atomic E-state index is 12.3. The summed E-state index contributed by atoms with van der Waals surface area (Å²) < 4.78 is 5.18. The van der Waals surface area contributed by atoms with Crippen molar-refractivity contribution in [2.24, 2.45) is 10.9 Å². The van der Waals surface area contributed by atoms with Gasteiger partial charge in [-0.2, -0.15) is 10.3 Å². The van der Waals surface area contributed by atoms with Crippen molar-refractivity contribution in [3.8, 4) is 6.07 Å². The molecule has 1 atom stereocenters. The molecule has 0 spiro atoms. The van der Waals surface area contributed by atoms with Crippen LogP contribution in [0.5, 0.6) is 0 Å². The predicted molar refractivity (Wildman–Crippen MR) is 106 cm³/mol. The Kier molecular flexibility index (Phi) is 6.00. The van der Waals surface area contributed by atoms with Crippen molar-refractivity contribution in [2.75, 3.05) is 23.9 Å². The molecule has 29 heavy (non-hydrogen) atoms. The normalized spacial score (nSPS) is 19.7. The second-order valence-corrected chi connectivity index (χ2v) is 8.64. The molecule has 1 unspecified atom stereocenters. The van der Waals surface area contributed by atoms with Crippen LogP contribution < -0.4 is 14.9 Å². The molecule has 8 nitrogen and oxygen atoms in total. The van der Waals surface area contributed by atoms with Crippen molar-refractivity contribution < 1.29 is 14.4 Å². The van der Waals surface area contributed by atoms with Gasteiger partial charge in [-0.05, 0) is 62.0 Å². The highest BCUT2D eigenvalue weighted by Gasteiger charge is 2.22. The standard InChI is InChI=1S/C20H24N6O2S/c1-14-5-6-17-15(9-14)10-16(11-21)20(22-17)29-13-18(27)23-19-12-26(24-28-19)25-7-3-2-4-8-25/h10,12,14H,2-9,13H2,1H3. The molecule has 1 aliphatic heterocycles. The number of hydrogen-bond acceptors (Lipinski definition) is 8. The van der Waals surface area contributed by atoms with Gasteiger partial charge in [-0.15, -0.1) is 0 Å². The number of nitriles is 1. The maximum atomic E-state index is 12.3. The monoisotopic (exact) mass is 412 g/mol. The highest BCUT2D eigenvalue weighted by Crippen LogP contribution is 2.29. The third-order valence-electron chi connectivity index (χ3n) is 5.35. The van der Waals surface area contributed by atoms with Gasteiger partial charge < -0.3 is 5.11 Å². The number of aliphatic imine (C=N–C) groups is 1. The van der Waals surface area contributed by atoms with E-state index in [1.807, 2.05) is 6.07 Å². The van der Waals surface area contributed by atoms with Crippen LogP contribution >= 0.6 is 11.8 Å². The average molecular weight is 413 g/mol. The van der Waals surface area contributed by atoms with E-state index < -0.39 is 0 Å². The molecule has 0 amide bonds. The van der Waals surface area contributed by atoms with Gasteiger partial charge in [-0.25, -0.2) is 9.98 Å². The fourth-order valence-corrected chi connectivity index (χ4v) is 4.56. The molecular weight excluding hydrogens is 388 g/mol. The summed E-state index contributed by atoms with van der Waals surface area (Å²) in [6, 6.07) is 4.14. The molecule has 0 radical (unpaired) electrons. The SMILES string of the molecule is CC1CCc2nc(SC/C([O-])=N/c3c[n+](N4CCCCC4)no3)c(C#N)cc2C1. The highest BCUT2D eigenvalue weighted by molar-refractivity contribution is 7.99. The Morgan fingerprint density at radius 3 is 3.07 bits per heavy atom. The Bertz CT molecular complexity index is 945. The minimum Gasteiger partial charge on any atom is -0.861 e. The molecule has 152 valence electrons. The molecule has 3 heterocycles. The van der Waals surface area contributed by atoms with Crippen LogP contribution in [0, 0.1) is 17.2 Å². The lowest BCUT2D eigenvalue weighted by Gasteiger charge is -2.21. The molecule has 0 aromatic carbocycles. The maximum Gasteiger partial charge on any atom is 0.324 e. The topological polar surface area (TPSA) is 105 Å². The van der Waals surface area contributed by atoms with E-state index in [0.29, 0.717) is 16.5 Å². The van der Waals surface area contributed by atoms with Crippen LogP contribution in [0.2, 0.25) is 0 Å². The van der Waals surface area contributed by atoms with Crippen LogP contribution in [0.15, 0.2) is 26.8 Å². The first-order chi connectivity index (χ1) is 14.1. The van der Waals surface area contributed by atoms with E-state index in [-0.39, 0.29) is 17.5 Å². The zero-order chi connectivity index (χ0) is 20.2. The lowest BCUT2D eigenvalue weighted by Crippen LogP contribution is -2.60. The van der Waals surface area contributed by atoms with Gasteiger partial charge in [-0.1, -0.05) is 18.7 Å². The zero-order valence-corrected chi connectivity index (χ0v) is 17.3. The minimum absolute atomic E-state index is 0.0985. The Morgan fingerprint density at radius 2 is 2.28 bits per heavy atom. The number of rotatable bonds is 5. The van der Waals surface area contributed by atoms with Gasteiger partial charge in [-0.3, -0.25) is 4.52 Å². The molecule has 9 heteroatoms. The molecule has 0 N–H and O–H groups in total. The quantitative estimate of drug-likeness (QED) is 0.318. The number of piperidine rings is 1. The van der Waals surface area contributed by atoms with Gasteiger partial charge in [0.15, 0.2) is 0 Å². The van der Waals surface area contributed by atoms with Crippen molar-refractivity contribution in [3.63, 3.8) is 0 Å². The number of fused-ring (bicyclic) bond motifs is 1. The van der Waals surface area contributed by atoms with Gasteiger partial charge >= 0.3 is 5.88 Å². The van der Waals surface area contributed by atoms with Crippen LogP contribution in [0.4, 0.5) is 5.88 Å². The zero-order valence-electron chi connectivity index (χ0n) is 16.5. The van der Waals surface area contributed by atoms with Gasteiger partial charge in [0.2, 0.25) is 5.27 Å². The highest BCUT2D eigenvalue weighted by atomic mass is 32.2. The minimum atomic E-state index is -0.339. The summed E-state index contributed by atoms with van der Waals surface area (Å²) in [5.74, 6) is 0.564. The van der Waals surface area contributed by atoms with Crippen LogP contribution in [0.3, 0.4) is 0 Å². The van der Waals surface area contributed by atoms with Crippen LogP contribution in [0.1, 0.15) is 49.4 Å². The molecule has 2 aromatic rings. The number of thioether (sulfide) groups is 1. The summed E-state index contributed by atoms with van der Waals surface area (Å²) in [7, 11) is 0. The molecule has 2 aromatic heterocycles. The molecule has 1 saturated heterocycles. The fourth-order valence-electron chi connectivity index (χ4n) is 3.80. The smallest absolute Gasteiger partial charge is 0.324 e. The van der Waals surface area contributed by atoms with Crippen molar-refractivity contribution in [3.05, 3.63) is 29.1 Å². The van der Waals surface area contributed by atoms with Crippen LogP contribution in [0.25, 0.3) is 0 Å². The summed E-state index contributed by atoms with van der Waals surface area (Å²) in [6.45, 7) is 4.05. The largest absolute Gasteiger partial charge is 0.861 e. The van der Waals surface area contributed by atoms with Gasteiger partial charge in [0, 0.05) is 11.4 Å². The van der Waals surface area contributed by atoms with Crippen molar-refractivity contribution >= 4 is 23.5 Å². The third kappa shape index (κ3) is 4.70. The summed E-state index contributed by atoms with van der Waals surface area (Å²) in [5, 5.41) is 28.4. The van der Waals surface area contributed by atoms with Crippen molar-refractivity contribution in [1.29, 1.82) is 5.26 Å². The average Bonchev–Trinajstić information content (AvgIpc) is 3.20. The Balaban J connectivity index is 1.42. The lowest BCUT2D eigenvalue weighted by atomic mass is 9.87. The van der Waals surface area contributed by atoms with E-state index in [0.717, 1.165) is 56.5 Å². The number of aromatic nitrogens is 3. The number of nitrogens with zero attached hydrogens (tertiary/aromatic N) is 6. The third-order valence-corrected chi connectivity index (χ3v) is 6.33. The first-order valence-electron chi connectivity index (χ1n) is 10.1. The molecule has 1 aliphatic carbocycles.